The molecule has 5 heteroatoms. The molecule has 1 N–H and O–H groups in total. The Morgan fingerprint density at radius 3 is 2.38 bits per heavy atom. The largest absolute Gasteiger partial charge is 0.355 e. The molecule has 2 aromatic heterocycles. The predicted molar refractivity (Wildman–Crippen MR) is 90.6 cm³/mol. The molecule has 1 saturated heterocycles. The molecule has 3 rings (SSSR count). The van der Waals surface area contributed by atoms with Crippen molar-refractivity contribution < 1.29 is 0 Å². The van der Waals surface area contributed by atoms with Gasteiger partial charge in [0.25, 0.3) is 0 Å². The Morgan fingerprint density at radius 2 is 1.76 bits per heavy atom. The van der Waals surface area contributed by atoms with Crippen LogP contribution in [0.3, 0.4) is 0 Å². The van der Waals surface area contributed by atoms with E-state index in [4.69, 9.17) is 4.98 Å². The van der Waals surface area contributed by atoms with Gasteiger partial charge in [0.1, 0.15) is 11.3 Å². The molecular formula is C16H25ClN4. The predicted octanol–water partition coefficient (Wildman–Crippen LogP) is 3.98. The molecule has 0 aliphatic carbocycles. The van der Waals surface area contributed by atoms with Crippen molar-refractivity contribution in [2.45, 2.75) is 52.4 Å². The van der Waals surface area contributed by atoms with Crippen molar-refractivity contribution in [1.82, 2.24) is 15.0 Å². The van der Waals surface area contributed by atoms with Gasteiger partial charge in [0.2, 0.25) is 0 Å². The van der Waals surface area contributed by atoms with E-state index in [1.54, 1.807) is 0 Å². The van der Waals surface area contributed by atoms with E-state index < -0.39 is 0 Å². The van der Waals surface area contributed by atoms with Gasteiger partial charge < -0.3 is 9.88 Å². The van der Waals surface area contributed by atoms with Gasteiger partial charge >= 0.3 is 0 Å². The van der Waals surface area contributed by atoms with Crippen molar-refractivity contribution in [3.63, 3.8) is 0 Å². The third-order valence-electron chi connectivity index (χ3n) is 4.03. The zero-order valence-electron chi connectivity index (χ0n) is 13.4. The lowest BCUT2D eigenvalue weighted by molar-refractivity contribution is 0.570. The summed E-state index contributed by atoms with van der Waals surface area (Å²) >= 11 is 0. The van der Waals surface area contributed by atoms with Gasteiger partial charge in [-0.05, 0) is 32.3 Å². The van der Waals surface area contributed by atoms with Gasteiger partial charge in [-0.15, -0.1) is 12.4 Å². The van der Waals surface area contributed by atoms with Crippen LogP contribution in [0.5, 0.6) is 0 Å². The Morgan fingerprint density at radius 1 is 1.10 bits per heavy atom. The normalized spacial score (nSPS) is 16.1. The van der Waals surface area contributed by atoms with E-state index in [1.165, 1.54) is 25.0 Å². The maximum Gasteiger partial charge on any atom is 0.156 e. The van der Waals surface area contributed by atoms with Crippen LogP contribution < -0.4 is 4.90 Å². The molecular weight excluding hydrogens is 284 g/mol. The Hall–Kier alpha value is -1.29. The molecule has 1 aliphatic heterocycles. The van der Waals surface area contributed by atoms with Crippen LogP contribution in [0.2, 0.25) is 0 Å². The van der Waals surface area contributed by atoms with Gasteiger partial charge in [-0.1, -0.05) is 20.8 Å². The number of hydrogen-bond donors (Lipinski definition) is 1. The van der Waals surface area contributed by atoms with Crippen LogP contribution in [-0.4, -0.2) is 28.0 Å². The topological polar surface area (TPSA) is 44.8 Å². The van der Waals surface area contributed by atoms with E-state index in [-0.39, 0.29) is 17.8 Å². The molecule has 0 amide bonds. The summed E-state index contributed by atoms with van der Waals surface area (Å²) < 4.78 is 0. The number of piperidine rings is 1. The van der Waals surface area contributed by atoms with Crippen LogP contribution in [-0.2, 0) is 5.41 Å². The molecule has 0 bridgehead atoms. The molecule has 21 heavy (non-hydrogen) atoms. The van der Waals surface area contributed by atoms with Crippen molar-refractivity contribution in [3.05, 3.63) is 17.6 Å². The van der Waals surface area contributed by atoms with E-state index in [9.17, 15) is 0 Å². The fraction of sp³-hybridized carbons (Fsp3) is 0.625. The molecule has 0 atom stereocenters. The van der Waals surface area contributed by atoms with E-state index in [0.29, 0.717) is 0 Å². The van der Waals surface area contributed by atoms with Crippen LogP contribution >= 0.6 is 12.4 Å². The van der Waals surface area contributed by atoms with E-state index in [2.05, 4.69) is 41.7 Å². The van der Waals surface area contributed by atoms with E-state index in [0.717, 1.165) is 35.8 Å². The molecule has 116 valence electrons. The summed E-state index contributed by atoms with van der Waals surface area (Å²) in [6, 6.07) is 2.18. The number of aromatic amines is 1. The summed E-state index contributed by atoms with van der Waals surface area (Å²) in [4.78, 5) is 15.3. The van der Waals surface area contributed by atoms with Gasteiger partial charge in [-0.3, -0.25) is 0 Å². The minimum Gasteiger partial charge on any atom is -0.355 e. The number of rotatable bonds is 1. The van der Waals surface area contributed by atoms with Crippen LogP contribution in [0, 0.1) is 6.92 Å². The van der Waals surface area contributed by atoms with Crippen LogP contribution in [0.25, 0.3) is 11.0 Å². The monoisotopic (exact) mass is 308 g/mol. The minimum absolute atomic E-state index is 0. The number of aryl methyl sites for hydroxylation is 1. The summed E-state index contributed by atoms with van der Waals surface area (Å²) in [6.07, 6.45) is 3.86. The number of H-pyrrole nitrogens is 1. The summed E-state index contributed by atoms with van der Waals surface area (Å²) in [5, 5.41) is 0. The first-order valence-corrected chi connectivity index (χ1v) is 7.58. The SMILES string of the molecule is Cc1nc(N2CCCCC2)c2[nH]c(C(C)(C)C)cc2n1.Cl. The number of anilines is 1. The highest BCUT2D eigenvalue weighted by molar-refractivity contribution is 5.87. The molecule has 4 nitrogen and oxygen atoms in total. The number of halogens is 1. The van der Waals surface area contributed by atoms with Crippen LogP contribution in [0.4, 0.5) is 5.82 Å². The molecule has 1 aliphatic rings. The highest BCUT2D eigenvalue weighted by atomic mass is 35.5. The maximum atomic E-state index is 4.70. The third kappa shape index (κ3) is 3.15. The smallest absolute Gasteiger partial charge is 0.156 e. The zero-order valence-corrected chi connectivity index (χ0v) is 14.2. The van der Waals surface area contributed by atoms with Crippen molar-refractivity contribution in [3.8, 4) is 0 Å². The van der Waals surface area contributed by atoms with Gasteiger partial charge in [0.15, 0.2) is 5.82 Å². The van der Waals surface area contributed by atoms with Gasteiger partial charge in [-0.25, -0.2) is 9.97 Å². The number of fused-ring (bicyclic) bond motifs is 1. The average molecular weight is 309 g/mol. The summed E-state index contributed by atoms with van der Waals surface area (Å²) in [5.41, 5.74) is 3.48. The molecule has 0 spiro atoms. The molecule has 0 unspecified atom stereocenters. The summed E-state index contributed by atoms with van der Waals surface area (Å²) in [6.45, 7) is 10.9. The Labute approximate surface area is 132 Å². The lowest BCUT2D eigenvalue weighted by Gasteiger charge is -2.28. The average Bonchev–Trinajstić information content (AvgIpc) is 2.82. The molecule has 3 heterocycles. The second-order valence-electron chi connectivity index (χ2n) is 6.84. The Balaban J connectivity index is 0.00000161. The highest BCUT2D eigenvalue weighted by Gasteiger charge is 2.21. The van der Waals surface area contributed by atoms with Crippen molar-refractivity contribution in [1.29, 1.82) is 0 Å². The lowest BCUT2D eigenvalue weighted by Crippen LogP contribution is -2.30. The first-order chi connectivity index (χ1) is 9.45. The first kappa shape index (κ1) is 16.1. The standard InChI is InChI=1S/C16H24N4.ClH/c1-11-17-12-10-13(16(2,3)4)19-14(12)15(18-11)20-8-6-5-7-9-20;/h10,19H,5-9H2,1-4H3;1H. The first-order valence-electron chi connectivity index (χ1n) is 7.58. The van der Waals surface area contributed by atoms with Gasteiger partial charge in [0.05, 0.1) is 5.52 Å². The van der Waals surface area contributed by atoms with Crippen molar-refractivity contribution in [2.75, 3.05) is 18.0 Å². The number of nitrogens with one attached hydrogen (secondary N) is 1. The fourth-order valence-corrected chi connectivity index (χ4v) is 2.85. The lowest BCUT2D eigenvalue weighted by atomic mass is 9.93. The van der Waals surface area contributed by atoms with Crippen molar-refractivity contribution in [2.24, 2.45) is 0 Å². The van der Waals surface area contributed by atoms with Crippen LogP contribution in [0.1, 0.15) is 51.6 Å². The zero-order chi connectivity index (χ0) is 14.3. The third-order valence-corrected chi connectivity index (χ3v) is 4.03. The van der Waals surface area contributed by atoms with E-state index in [1.807, 2.05) is 6.92 Å². The molecule has 2 aromatic rings. The van der Waals surface area contributed by atoms with Gasteiger partial charge in [0, 0.05) is 24.2 Å². The maximum absolute atomic E-state index is 4.70. The molecule has 0 aromatic carbocycles. The highest BCUT2D eigenvalue weighted by Crippen LogP contribution is 2.30. The van der Waals surface area contributed by atoms with Gasteiger partial charge in [-0.2, -0.15) is 0 Å². The van der Waals surface area contributed by atoms with Crippen molar-refractivity contribution >= 4 is 29.3 Å². The Kier molecular flexibility index (Phi) is 4.47. The second kappa shape index (κ2) is 5.84. The van der Waals surface area contributed by atoms with E-state index >= 15 is 0 Å². The summed E-state index contributed by atoms with van der Waals surface area (Å²) in [7, 11) is 0. The molecule has 0 radical (unpaired) electrons. The Bertz CT molecular complexity index is 621. The minimum atomic E-state index is 0. The number of aromatic nitrogens is 3. The summed E-state index contributed by atoms with van der Waals surface area (Å²) in [5.74, 6) is 1.94. The second-order valence-corrected chi connectivity index (χ2v) is 6.84. The molecule has 1 fully saturated rings. The quantitative estimate of drug-likeness (QED) is 0.867. The number of nitrogens with zero attached hydrogens (tertiary/aromatic N) is 3. The fourth-order valence-electron chi connectivity index (χ4n) is 2.85. The van der Waals surface area contributed by atoms with Crippen LogP contribution in [0.15, 0.2) is 6.07 Å². The molecule has 0 saturated carbocycles. The number of hydrogen-bond acceptors (Lipinski definition) is 3.